The van der Waals surface area contributed by atoms with Gasteiger partial charge in [0.1, 0.15) is 5.75 Å². The molecule has 0 amide bonds. The summed E-state index contributed by atoms with van der Waals surface area (Å²) in [7, 11) is 1.62. The minimum absolute atomic E-state index is 0.302. The lowest BCUT2D eigenvalue weighted by atomic mass is 10.2. The van der Waals surface area contributed by atoms with Gasteiger partial charge in [-0.2, -0.15) is 0 Å². The SMILES string of the molecule is COc1ccc(Nc2nc3nonc3nc2Nc2ccc(C)c(Cl)c2)cc1. The molecule has 0 aliphatic heterocycles. The van der Waals surface area contributed by atoms with Crippen LogP contribution in [-0.4, -0.2) is 27.4 Å². The van der Waals surface area contributed by atoms with Crippen LogP contribution in [0.5, 0.6) is 5.75 Å². The molecule has 2 aromatic carbocycles. The number of nitrogens with zero attached hydrogens (tertiary/aromatic N) is 4. The maximum Gasteiger partial charge on any atom is 0.245 e. The van der Waals surface area contributed by atoms with Crippen LogP contribution in [0.1, 0.15) is 5.56 Å². The first-order valence-electron chi connectivity index (χ1n) is 8.07. The summed E-state index contributed by atoms with van der Waals surface area (Å²) in [4.78, 5) is 8.88. The molecule has 0 radical (unpaired) electrons. The number of halogens is 1. The van der Waals surface area contributed by atoms with Gasteiger partial charge in [-0.1, -0.05) is 17.7 Å². The van der Waals surface area contributed by atoms with Crippen molar-refractivity contribution in [3.63, 3.8) is 0 Å². The number of fused-ring (bicyclic) bond motifs is 1. The highest BCUT2D eigenvalue weighted by Gasteiger charge is 2.14. The van der Waals surface area contributed by atoms with Gasteiger partial charge in [0.15, 0.2) is 11.6 Å². The first kappa shape index (κ1) is 17.0. The summed E-state index contributed by atoms with van der Waals surface area (Å²) in [6.45, 7) is 1.94. The average Bonchev–Trinajstić information content (AvgIpc) is 3.13. The Morgan fingerprint density at radius 3 is 2.07 bits per heavy atom. The summed E-state index contributed by atoms with van der Waals surface area (Å²) < 4.78 is 9.90. The molecule has 0 unspecified atom stereocenters. The standard InChI is InChI=1S/C18H15ClN6O2/c1-10-3-4-12(9-14(10)19)21-16-15(22-17-18(23-16)25-27-24-17)20-11-5-7-13(26-2)8-6-11/h3-9H,1-2H3,(H,20,22,24)(H,21,23,25). The fourth-order valence-electron chi connectivity index (χ4n) is 2.43. The van der Waals surface area contributed by atoms with Crippen LogP contribution < -0.4 is 15.4 Å². The van der Waals surface area contributed by atoms with Gasteiger partial charge in [-0.3, -0.25) is 0 Å². The molecule has 0 fully saturated rings. The van der Waals surface area contributed by atoms with E-state index in [1.807, 2.05) is 49.4 Å². The van der Waals surface area contributed by atoms with Crippen molar-refractivity contribution in [2.75, 3.05) is 17.7 Å². The van der Waals surface area contributed by atoms with Gasteiger partial charge in [0.2, 0.25) is 11.3 Å². The van der Waals surface area contributed by atoms with Gasteiger partial charge >= 0.3 is 0 Å². The monoisotopic (exact) mass is 382 g/mol. The maximum absolute atomic E-state index is 6.21. The van der Waals surface area contributed by atoms with Crippen LogP contribution >= 0.6 is 11.6 Å². The first-order chi connectivity index (χ1) is 13.1. The van der Waals surface area contributed by atoms with Crippen molar-refractivity contribution in [1.82, 2.24) is 20.3 Å². The molecule has 136 valence electrons. The Morgan fingerprint density at radius 1 is 0.889 bits per heavy atom. The Kier molecular flexibility index (Phi) is 4.47. The molecule has 9 heteroatoms. The van der Waals surface area contributed by atoms with E-state index in [1.54, 1.807) is 7.11 Å². The lowest BCUT2D eigenvalue weighted by Crippen LogP contribution is -2.03. The molecule has 0 spiro atoms. The lowest BCUT2D eigenvalue weighted by Gasteiger charge is -2.12. The molecular formula is C18H15ClN6O2. The summed E-state index contributed by atoms with van der Waals surface area (Å²) in [5.41, 5.74) is 3.18. The van der Waals surface area contributed by atoms with E-state index in [9.17, 15) is 0 Å². The van der Waals surface area contributed by atoms with E-state index in [2.05, 4.69) is 30.9 Å². The second-order valence-electron chi connectivity index (χ2n) is 5.77. The van der Waals surface area contributed by atoms with Gasteiger partial charge in [-0.15, -0.1) is 0 Å². The molecule has 0 atom stereocenters. The Balaban J connectivity index is 1.70. The van der Waals surface area contributed by atoms with Gasteiger partial charge in [0.25, 0.3) is 0 Å². The van der Waals surface area contributed by atoms with E-state index in [-0.39, 0.29) is 0 Å². The van der Waals surface area contributed by atoms with Gasteiger partial charge in [-0.05, 0) is 59.2 Å². The second kappa shape index (κ2) is 7.08. The summed E-state index contributed by atoms with van der Waals surface area (Å²) >= 11 is 6.21. The number of methoxy groups -OCH3 is 1. The maximum atomic E-state index is 6.21. The largest absolute Gasteiger partial charge is 0.497 e. The molecule has 2 N–H and O–H groups in total. The summed E-state index contributed by atoms with van der Waals surface area (Å²) in [5, 5.41) is 14.6. The predicted molar refractivity (Wildman–Crippen MR) is 103 cm³/mol. The van der Waals surface area contributed by atoms with Crippen molar-refractivity contribution < 1.29 is 9.37 Å². The van der Waals surface area contributed by atoms with Gasteiger partial charge < -0.3 is 15.4 Å². The molecule has 8 nitrogen and oxygen atoms in total. The summed E-state index contributed by atoms with van der Waals surface area (Å²) in [6.07, 6.45) is 0. The third-order valence-corrected chi connectivity index (χ3v) is 4.31. The van der Waals surface area contributed by atoms with Crippen molar-refractivity contribution in [3.05, 3.63) is 53.1 Å². The van der Waals surface area contributed by atoms with Crippen LogP contribution in [0.15, 0.2) is 47.1 Å². The first-order valence-corrected chi connectivity index (χ1v) is 8.45. The number of aryl methyl sites for hydroxylation is 1. The average molecular weight is 383 g/mol. The van der Waals surface area contributed by atoms with Crippen LogP contribution in [0.25, 0.3) is 11.3 Å². The van der Waals surface area contributed by atoms with Crippen molar-refractivity contribution >= 4 is 45.9 Å². The highest BCUT2D eigenvalue weighted by Crippen LogP contribution is 2.29. The number of hydrogen-bond acceptors (Lipinski definition) is 8. The highest BCUT2D eigenvalue weighted by atomic mass is 35.5. The molecule has 4 aromatic rings. The molecule has 0 saturated carbocycles. The number of nitrogens with one attached hydrogen (secondary N) is 2. The number of ether oxygens (including phenoxy) is 1. The van der Waals surface area contributed by atoms with Crippen LogP contribution in [0.3, 0.4) is 0 Å². The van der Waals surface area contributed by atoms with E-state index in [4.69, 9.17) is 21.0 Å². The van der Waals surface area contributed by atoms with E-state index in [0.717, 1.165) is 22.7 Å². The molecule has 0 saturated heterocycles. The summed E-state index contributed by atoms with van der Waals surface area (Å²) in [6, 6.07) is 13.1. The van der Waals surface area contributed by atoms with Crippen molar-refractivity contribution in [3.8, 4) is 5.75 Å². The number of rotatable bonds is 5. The van der Waals surface area contributed by atoms with Gasteiger partial charge in [0.05, 0.1) is 7.11 Å². The highest BCUT2D eigenvalue weighted by molar-refractivity contribution is 6.31. The minimum atomic E-state index is 0.302. The van der Waals surface area contributed by atoms with Gasteiger partial charge in [-0.25, -0.2) is 14.6 Å². The Bertz CT molecular complexity index is 1100. The Labute approximate surface area is 159 Å². The summed E-state index contributed by atoms with van der Waals surface area (Å²) in [5.74, 6) is 1.70. The minimum Gasteiger partial charge on any atom is -0.497 e. The third-order valence-electron chi connectivity index (χ3n) is 3.90. The molecular weight excluding hydrogens is 368 g/mol. The molecule has 0 aliphatic carbocycles. The number of benzene rings is 2. The Hall–Kier alpha value is -3.39. The smallest absolute Gasteiger partial charge is 0.245 e. The molecule has 4 rings (SSSR count). The number of aromatic nitrogens is 4. The predicted octanol–water partition coefficient (Wildman–Crippen LogP) is 4.47. The molecule has 0 bridgehead atoms. The topological polar surface area (TPSA) is 98.0 Å². The molecule has 2 aromatic heterocycles. The third kappa shape index (κ3) is 3.61. The Morgan fingerprint density at radius 2 is 1.48 bits per heavy atom. The second-order valence-corrected chi connectivity index (χ2v) is 6.18. The quantitative estimate of drug-likeness (QED) is 0.521. The van der Waals surface area contributed by atoms with E-state index >= 15 is 0 Å². The van der Waals surface area contributed by atoms with E-state index in [0.29, 0.717) is 28.0 Å². The van der Waals surface area contributed by atoms with Crippen molar-refractivity contribution in [2.24, 2.45) is 0 Å². The van der Waals surface area contributed by atoms with E-state index < -0.39 is 0 Å². The van der Waals surface area contributed by atoms with Crippen LogP contribution in [0.2, 0.25) is 5.02 Å². The fraction of sp³-hybridized carbons (Fsp3) is 0.111. The normalized spacial score (nSPS) is 10.8. The fourth-order valence-corrected chi connectivity index (χ4v) is 2.61. The van der Waals surface area contributed by atoms with Crippen molar-refractivity contribution in [2.45, 2.75) is 6.92 Å². The molecule has 0 aliphatic rings. The van der Waals surface area contributed by atoms with Gasteiger partial charge in [0, 0.05) is 16.4 Å². The van der Waals surface area contributed by atoms with Crippen molar-refractivity contribution in [1.29, 1.82) is 0 Å². The van der Waals surface area contributed by atoms with Crippen LogP contribution in [0.4, 0.5) is 23.0 Å². The number of hydrogen-bond donors (Lipinski definition) is 2. The molecule has 2 heterocycles. The van der Waals surface area contributed by atoms with E-state index in [1.165, 1.54) is 0 Å². The lowest BCUT2D eigenvalue weighted by molar-refractivity contribution is 0.314. The zero-order chi connectivity index (χ0) is 18.8. The molecule has 27 heavy (non-hydrogen) atoms. The zero-order valence-corrected chi connectivity index (χ0v) is 15.3. The zero-order valence-electron chi connectivity index (χ0n) is 14.5. The number of anilines is 4. The van der Waals surface area contributed by atoms with Crippen LogP contribution in [0, 0.1) is 6.92 Å². The van der Waals surface area contributed by atoms with Crippen LogP contribution in [-0.2, 0) is 0 Å².